The number of nitrogens with zero attached hydrogens (tertiary/aromatic N) is 3. The molecule has 0 radical (unpaired) electrons. The van der Waals surface area contributed by atoms with Crippen molar-refractivity contribution in [3.05, 3.63) is 36.0 Å². The summed E-state index contributed by atoms with van der Waals surface area (Å²) < 4.78 is 7.77. The van der Waals surface area contributed by atoms with E-state index in [1.165, 1.54) is 12.8 Å². The lowest BCUT2D eigenvalue weighted by molar-refractivity contribution is 0.0648. The number of aromatic nitrogens is 2. The van der Waals surface area contributed by atoms with E-state index in [1.54, 1.807) is 24.0 Å². The van der Waals surface area contributed by atoms with Gasteiger partial charge in [0.2, 0.25) is 0 Å². The molecule has 134 valence electrons. The maximum absolute atomic E-state index is 12.8. The largest absolute Gasteiger partial charge is 0.455 e. The summed E-state index contributed by atoms with van der Waals surface area (Å²) in [7, 11) is 3.87. The molecule has 2 aliphatic heterocycles. The smallest absolute Gasteiger partial charge is 0.289 e. The molecular formula is C18H24N4O2S. The summed E-state index contributed by atoms with van der Waals surface area (Å²) in [5.41, 5.74) is 0. The number of thioether (sulfide) groups is 1. The zero-order chi connectivity index (χ0) is 17.4. The Morgan fingerprint density at radius 1 is 1.40 bits per heavy atom. The molecule has 7 heteroatoms. The van der Waals surface area contributed by atoms with Gasteiger partial charge in [0.1, 0.15) is 5.76 Å². The lowest BCUT2D eigenvalue weighted by Crippen LogP contribution is -2.48. The second kappa shape index (κ2) is 6.88. The number of carbonyl (C=O) groups is 1. The normalized spacial score (nSPS) is 25.3. The minimum atomic E-state index is -0.0143. The van der Waals surface area contributed by atoms with Gasteiger partial charge < -0.3 is 19.2 Å². The van der Waals surface area contributed by atoms with E-state index in [1.807, 2.05) is 35.8 Å². The van der Waals surface area contributed by atoms with E-state index in [9.17, 15) is 4.79 Å². The van der Waals surface area contributed by atoms with Crippen LogP contribution < -0.4 is 5.32 Å². The maximum Gasteiger partial charge on any atom is 0.289 e. The van der Waals surface area contributed by atoms with Crippen LogP contribution in [0.1, 0.15) is 42.0 Å². The maximum atomic E-state index is 12.8. The van der Waals surface area contributed by atoms with Crippen molar-refractivity contribution in [1.29, 1.82) is 0 Å². The number of imidazole rings is 1. The monoisotopic (exact) mass is 360 g/mol. The van der Waals surface area contributed by atoms with Crippen molar-refractivity contribution in [3.8, 4) is 0 Å². The first-order valence-corrected chi connectivity index (χ1v) is 9.81. The predicted octanol–water partition coefficient (Wildman–Crippen LogP) is 2.66. The van der Waals surface area contributed by atoms with Crippen molar-refractivity contribution in [1.82, 2.24) is 19.8 Å². The highest BCUT2D eigenvalue weighted by Gasteiger charge is 2.37. The van der Waals surface area contributed by atoms with Gasteiger partial charge in [-0.3, -0.25) is 4.79 Å². The summed E-state index contributed by atoms with van der Waals surface area (Å²) in [5.74, 6) is 1.89. The Kier molecular flexibility index (Phi) is 4.60. The molecule has 1 amide bonds. The van der Waals surface area contributed by atoms with Crippen LogP contribution in [0.5, 0.6) is 0 Å². The molecule has 2 aliphatic rings. The van der Waals surface area contributed by atoms with Crippen molar-refractivity contribution in [2.75, 3.05) is 7.05 Å². The zero-order valence-electron chi connectivity index (χ0n) is 14.6. The van der Waals surface area contributed by atoms with E-state index in [-0.39, 0.29) is 5.91 Å². The van der Waals surface area contributed by atoms with Crippen molar-refractivity contribution in [3.63, 3.8) is 0 Å². The quantitative estimate of drug-likeness (QED) is 0.831. The Hall–Kier alpha value is -1.73. The molecule has 2 fully saturated rings. The highest BCUT2D eigenvalue weighted by molar-refractivity contribution is 7.98. The predicted molar refractivity (Wildman–Crippen MR) is 96.5 cm³/mol. The van der Waals surface area contributed by atoms with Gasteiger partial charge in [-0.2, -0.15) is 0 Å². The molecule has 0 aliphatic carbocycles. The number of hydrogen-bond acceptors (Lipinski definition) is 5. The van der Waals surface area contributed by atoms with Crippen LogP contribution in [0.25, 0.3) is 0 Å². The summed E-state index contributed by atoms with van der Waals surface area (Å²) in [6.07, 6.45) is 8.25. The van der Waals surface area contributed by atoms with Crippen molar-refractivity contribution in [2.45, 2.75) is 54.7 Å². The fourth-order valence-corrected chi connectivity index (χ4v) is 4.71. The number of furan rings is 1. The molecule has 2 unspecified atom stereocenters. The SMILES string of the molecule is CN(C(=O)c1ccc(CSc2nccn2C)o1)C1CC2CCC(C1)N2. The molecule has 4 rings (SSSR count). The van der Waals surface area contributed by atoms with E-state index in [4.69, 9.17) is 4.42 Å². The Morgan fingerprint density at radius 2 is 2.16 bits per heavy atom. The molecule has 0 aromatic carbocycles. The van der Waals surface area contributed by atoms with Gasteiger partial charge in [0.05, 0.1) is 5.75 Å². The van der Waals surface area contributed by atoms with E-state index < -0.39 is 0 Å². The number of carbonyl (C=O) groups excluding carboxylic acids is 1. The Labute approximate surface area is 152 Å². The van der Waals surface area contributed by atoms with E-state index >= 15 is 0 Å². The summed E-state index contributed by atoms with van der Waals surface area (Å²) >= 11 is 1.60. The molecule has 25 heavy (non-hydrogen) atoms. The number of piperidine rings is 1. The molecule has 2 atom stereocenters. The summed E-state index contributed by atoms with van der Waals surface area (Å²) in [4.78, 5) is 18.9. The average Bonchev–Trinajstić information content (AvgIpc) is 3.32. The Bertz CT molecular complexity index is 744. The molecule has 2 aromatic heterocycles. The van der Waals surface area contributed by atoms with Crippen LogP contribution in [-0.2, 0) is 12.8 Å². The number of hydrogen-bond donors (Lipinski definition) is 1. The van der Waals surface area contributed by atoms with Crippen LogP contribution >= 0.6 is 11.8 Å². The molecule has 0 saturated carbocycles. The molecule has 2 saturated heterocycles. The fraction of sp³-hybridized carbons (Fsp3) is 0.556. The number of amides is 1. The van der Waals surface area contributed by atoms with Crippen LogP contribution in [0.2, 0.25) is 0 Å². The first-order chi connectivity index (χ1) is 12.1. The van der Waals surface area contributed by atoms with Crippen LogP contribution in [0.4, 0.5) is 0 Å². The summed E-state index contributed by atoms with van der Waals surface area (Å²) in [5, 5.41) is 4.56. The fourth-order valence-electron chi connectivity index (χ4n) is 3.88. The van der Waals surface area contributed by atoms with E-state index in [0.29, 0.717) is 29.6 Å². The van der Waals surface area contributed by atoms with Crippen molar-refractivity contribution < 1.29 is 9.21 Å². The van der Waals surface area contributed by atoms with Gasteiger partial charge in [0, 0.05) is 44.6 Å². The van der Waals surface area contributed by atoms with Gasteiger partial charge >= 0.3 is 0 Å². The van der Waals surface area contributed by atoms with Crippen LogP contribution in [0.3, 0.4) is 0 Å². The van der Waals surface area contributed by atoms with Gasteiger partial charge in [-0.25, -0.2) is 4.98 Å². The van der Waals surface area contributed by atoms with Gasteiger partial charge in [-0.05, 0) is 37.8 Å². The van der Waals surface area contributed by atoms with Gasteiger partial charge in [-0.15, -0.1) is 0 Å². The number of rotatable bonds is 5. The summed E-state index contributed by atoms with van der Waals surface area (Å²) in [6.45, 7) is 0. The molecule has 6 nitrogen and oxygen atoms in total. The third kappa shape index (κ3) is 3.48. The van der Waals surface area contributed by atoms with Crippen molar-refractivity contribution >= 4 is 17.7 Å². The Balaban J connectivity index is 1.37. The number of fused-ring (bicyclic) bond motifs is 2. The zero-order valence-corrected chi connectivity index (χ0v) is 15.5. The molecule has 2 bridgehead atoms. The first kappa shape index (κ1) is 16.7. The van der Waals surface area contributed by atoms with E-state index in [2.05, 4.69) is 10.3 Å². The minimum absolute atomic E-state index is 0.0143. The average molecular weight is 360 g/mol. The molecule has 1 N–H and O–H groups in total. The molecular weight excluding hydrogens is 336 g/mol. The third-order valence-electron chi connectivity index (χ3n) is 5.31. The molecule has 4 heterocycles. The highest BCUT2D eigenvalue weighted by Crippen LogP contribution is 2.30. The number of nitrogens with one attached hydrogen (secondary N) is 1. The van der Waals surface area contributed by atoms with Gasteiger partial charge in [-0.1, -0.05) is 11.8 Å². The summed E-state index contributed by atoms with van der Waals surface area (Å²) in [6, 6.07) is 5.13. The van der Waals surface area contributed by atoms with Crippen molar-refractivity contribution in [2.24, 2.45) is 7.05 Å². The van der Waals surface area contributed by atoms with Gasteiger partial charge in [0.25, 0.3) is 5.91 Å². The van der Waals surface area contributed by atoms with Crippen LogP contribution in [0, 0.1) is 0 Å². The molecule has 0 spiro atoms. The second-order valence-electron chi connectivity index (χ2n) is 7.05. The standard InChI is InChI=1S/C18H24N4O2S/c1-21-8-7-19-18(21)25-11-15-5-6-16(24-15)17(23)22(2)14-9-12-3-4-13(10-14)20-12/h5-8,12-14,20H,3-4,9-11H2,1-2H3. The lowest BCUT2D eigenvalue weighted by atomic mass is 9.98. The number of aryl methyl sites for hydroxylation is 1. The van der Waals surface area contributed by atoms with E-state index in [0.717, 1.165) is 23.8 Å². The van der Waals surface area contributed by atoms with Crippen LogP contribution in [-0.4, -0.2) is 45.5 Å². The highest BCUT2D eigenvalue weighted by atomic mass is 32.2. The lowest BCUT2D eigenvalue weighted by Gasteiger charge is -2.35. The topological polar surface area (TPSA) is 63.3 Å². The third-order valence-corrected chi connectivity index (χ3v) is 6.39. The first-order valence-electron chi connectivity index (χ1n) is 8.82. The minimum Gasteiger partial charge on any atom is -0.455 e. The second-order valence-corrected chi connectivity index (χ2v) is 8.00. The Morgan fingerprint density at radius 3 is 2.84 bits per heavy atom. The van der Waals surface area contributed by atoms with Gasteiger partial charge in [0.15, 0.2) is 10.9 Å². The van der Waals surface area contributed by atoms with Crippen LogP contribution in [0.15, 0.2) is 34.1 Å². The molecule has 2 aromatic rings.